The largest absolute Gasteiger partial charge is 0.324 e. The fourth-order valence-corrected chi connectivity index (χ4v) is 3.91. The SMILES string of the molecule is Cc1cc(NN)cc(C)c1S(=O)(=O)Nc1cccc(Cl)c1. The van der Waals surface area contributed by atoms with E-state index in [1.165, 1.54) is 0 Å². The van der Waals surface area contributed by atoms with E-state index in [1.54, 1.807) is 50.2 Å². The van der Waals surface area contributed by atoms with Crippen molar-refractivity contribution in [1.29, 1.82) is 0 Å². The number of hydrazine groups is 1. The lowest BCUT2D eigenvalue weighted by atomic mass is 10.1. The number of anilines is 2. The van der Waals surface area contributed by atoms with E-state index in [-0.39, 0.29) is 4.90 Å². The van der Waals surface area contributed by atoms with Gasteiger partial charge in [-0.2, -0.15) is 0 Å². The van der Waals surface area contributed by atoms with Crippen LogP contribution in [0.25, 0.3) is 0 Å². The van der Waals surface area contributed by atoms with E-state index in [0.29, 0.717) is 27.5 Å². The molecule has 112 valence electrons. The fourth-order valence-electron chi connectivity index (χ4n) is 2.22. The highest BCUT2D eigenvalue weighted by Gasteiger charge is 2.20. The third-order valence-electron chi connectivity index (χ3n) is 2.97. The summed E-state index contributed by atoms with van der Waals surface area (Å²) in [4.78, 5) is 0.237. The Morgan fingerprint density at radius 3 is 2.19 bits per heavy atom. The molecule has 0 heterocycles. The lowest BCUT2D eigenvalue weighted by Crippen LogP contribution is -2.16. The Morgan fingerprint density at radius 2 is 1.67 bits per heavy atom. The van der Waals surface area contributed by atoms with Crippen LogP contribution in [-0.2, 0) is 10.0 Å². The van der Waals surface area contributed by atoms with Crippen molar-refractivity contribution in [1.82, 2.24) is 0 Å². The summed E-state index contributed by atoms with van der Waals surface area (Å²) in [5, 5.41) is 0.464. The van der Waals surface area contributed by atoms with E-state index < -0.39 is 10.0 Å². The highest BCUT2D eigenvalue weighted by molar-refractivity contribution is 7.92. The summed E-state index contributed by atoms with van der Waals surface area (Å²) in [6.07, 6.45) is 0. The highest BCUT2D eigenvalue weighted by atomic mass is 35.5. The summed E-state index contributed by atoms with van der Waals surface area (Å²) in [6.45, 7) is 3.45. The van der Waals surface area contributed by atoms with Crippen molar-refractivity contribution in [3.05, 3.63) is 52.5 Å². The van der Waals surface area contributed by atoms with Crippen LogP contribution in [0.3, 0.4) is 0 Å². The van der Waals surface area contributed by atoms with Gasteiger partial charge >= 0.3 is 0 Å². The topological polar surface area (TPSA) is 84.2 Å². The summed E-state index contributed by atoms with van der Waals surface area (Å²) in [5.74, 6) is 5.36. The van der Waals surface area contributed by atoms with Gasteiger partial charge < -0.3 is 5.43 Å². The number of hydrogen-bond acceptors (Lipinski definition) is 4. The maximum atomic E-state index is 12.5. The second-order valence-corrected chi connectivity index (χ2v) is 6.76. The smallest absolute Gasteiger partial charge is 0.262 e. The zero-order valence-corrected chi connectivity index (χ0v) is 13.2. The molecule has 0 bridgehead atoms. The van der Waals surface area contributed by atoms with Crippen molar-refractivity contribution >= 4 is 33.0 Å². The number of nitrogen functional groups attached to an aromatic ring is 1. The molecule has 2 rings (SSSR count). The number of hydrogen-bond donors (Lipinski definition) is 3. The minimum Gasteiger partial charge on any atom is -0.324 e. The molecule has 5 nitrogen and oxygen atoms in total. The van der Waals surface area contributed by atoms with E-state index in [2.05, 4.69) is 10.1 Å². The summed E-state index contributed by atoms with van der Waals surface area (Å²) in [6, 6.07) is 9.92. The second-order valence-electron chi connectivity index (χ2n) is 4.70. The van der Waals surface area contributed by atoms with E-state index in [1.807, 2.05) is 0 Å². The standard InChI is InChI=1S/C14H16ClN3O2S/c1-9-6-13(17-16)7-10(2)14(9)21(19,20)18-12-5-3-4-11(15)8-12/h3-8,17-18H,16H2,1-2H3. The van der Waals surface area contributed by atoms with E-state index in [9.17, 15) is 8.42 Å². The van der Waals surface area contributed by atoms with Gasteiger partial charge in [0.1, 0.15) is 0 Å². The number of sulfonamides is 1. The Hall–Kier alpha value is -1.76. The Bertz CT molecular complexity index is 753. The van der Waals surface area contributed by atoms with Crippen LogP contribution in [0.1, 0.15) is 11.1 Å². The molecule has 2 aromatic rings. The predicted octanol–water partition coefficient (Wildman–Crippen LogP) is 3.04. The first kappa shape index (κ1) is 15.6. The van der Waals surface area contributed by atoms with Crippen LogP contribution in [0.4, 0.5) is 11.4 Å². The van der Waals surface area contributed by atoms with Crippen LogP contribution in [0, 0.1) is 13.8 Å². The van der Waals surface area contributed by atoms with Gasteiger partial charge in [-0.25, -0.2) is 8.42 Å². The van der Waals surface area contributed by atoms with Gasteiger partial charge in [-0.15, -0.1) is 0 Å². The first-order valence-corrected chi connectivity index (χ1v) is 8.06. The average molecular weight is 326 g/mol. The maximum Gasteiger partial charge on any atom is 0.262 e. The molecule has 0 radical (unpaired) electrons. The Kier molecular flexibility index (Phi) is 4.41. The molecule has 0 saturated heterocycles. The van der Waals surface area contributed by atoms with Crippen LogP contribution in [-0.4, -0.2) is 8.42 Å². The molecule has 0 aliphatic rings. The normalized spacial score (nSPS) is 11.2. The molecular weight excluding hydrogens is 310 g/mol. The molecule has 0 aromatic heterocycles. The van der Waals surface area contributed by atoms with Gasteiger partial charge in [-0.3, -0.25) is 10.6 Å². The van der Waals surface area contributed by atoms with Crippen molar-refractivity contribution < 1.29 is 8.42 Å². The zero-order chi connectivity index (χ0) is 15.6. The van der Waals surface area contributed by atoms with E-state index >= 15 is 0 Å². The maximum absolute atomic E-state index is 12.5. The number of aryl methyl sites for hydroxylation is 2. The summed E-state index contributed by atoms with van der Waals surface area (Å²) < 4.78 is 27.6. The van der Waals surface area contributed by atoms with Crippen molar-refractivity contribution in [3.63, 3.8) is 0 Å². The molecule has 21 heavy (non-hydrogen) atoms. The zero-order valence-electron chi connectivity index (χ0n) is 11.6. The molecule has 7 heteroatoms. The van der Waals surface area contributed by atoms with Crippen molar-refractivity contribution in [3.8, 4) is 0 Å². The van der Waals surface area contributed by atoms with Gasteiger partial charge in [-0.1, -0.05) is 17.7 Å². The number of nitrogens with one attached hydrogen (secondary N) is 2. The van der Waals surface area contributed by atoms with Crippen molar-refractivity contribution in [2.24, 2.45) is 5.84 Å². The molecule has 0 atom stereocenters. The van der Waals surface area contributed by atoms with Gasteiger partial charge in [0.15, 0.2) is 0 Å². The molecular formula is C14H16ClN3O2S. The van der Waals surface area contributed by atoms with Crippen LogP contribution in [0.5, 0.6) is 0 Å². The van der Waals surface area contributed by atoms with Crippen LogP contribution in [0.2, 0.25) is 5.02 Å². The molecule has 2 aromatic carbocycles. The summed E-state index contributed by atoms with van der Waals surface area (Å²) in [5.41, 5.74) is 4.81. The average Bonchev–Trinajstić information content (AvgIpc) is 2.36. The monoisotopic (exact) mass is 325 g/mol. The number of benzene rings is 2. The summed E-state index contributed by atoms with van der Waals surface area (Å²) >= 11 is 5.86. The van der Waals surface area contributed by atoms with E-state index in [4.69, 9.17) is 17.4 Å². The molecule has 0 aliphatic heterocycles. The number of nitrogens with two attached hydrogens (primary N) is 1. The van der Waals surface area contributed by atoms with Crippen molar-refractivity contribution in [2.75, 3.05) is 10.1 Å². The van der Waals surface area contributed by atoms with Gasteiger partial charge in [0.2, 0.25) is 0 Å². The highest BCUT2D eigenvalue weighted by Crippen LogP contribution is 2.26. The number of rotatable bonds is 4. The van der Waals surface area contributed by atoms with Crippen LogP contribution >= 0.6 is 11.6 Å². The molecule has 0 fully saturated rings. The van der Waals surface area contributed by atoms with Gasteiger partial charge in [0.25, 0.3) is 10.0 Å². The van der Waals surface area contributed by atoms with Crippen LogP contribution < -0.4 is 16.0 Å². The third-order valence-corrected chi connectivity index (χ3v) is 4.89. The molecule has 0 aliphatic carbocycles. The molecule has 4 N–H and O–H groups in total. The Morgan fingerprint density at radius 1 is 1.05 bits per heavy atom. The van der Waals surface area contributed by atoms with E-state index in [0.717, 1.165) is 0 Å². The van der Waals surface area contributed by atoms with Gasteiger partial charge in [0, 0.05) is 10.7 Å². The molecule has 0 unspecified atom stereocenters. The number of halogens is 1. The van der Waals surface area contributed by atoms with Gasteiger partial charge in [0.05, 0.1) is 10.6 Å². The minimum atomic E-state index is -3.69. The molecule has 0 spiro atoms. The Balaban J connectivity index is 2.45. The van der Waals surface area contributed by atoms with Crippen molar-refractivity contribution in [2.45, 2.75) is 18.7 Å². The fraction of sp³-hybridized carbons (Fsp3) is 0.143. The minimum absolute atomic E-state index is 0.237. The first-order valence-electron chi connectivity index (χ1n) is 6.20. The molecule has 0 amide bonds. The third kappa shape index (κ3) is 3.47. The summed E-state index contributed by atoms with van der Waals surface area (Å²) in [7, 11) is -3.69. The van der Waals surface area contributed by atoms with Gasteiger partial charge in [-0.05, 0) is 55.3 Å². The lowest BCUT2D eigenvalue weighted by molar-refractivity contribution is 0.600. The van der Waals surface area contributed by atoms with Crippen LogP contribution in [0.15, 0.2) is 41.3 Å². The molecule has 0 saturated carbocycles. The quantitative estimate of drug-likeness (QED) is 0.596. The predicted molar refractivity (Wildman–Crippen MR) is 86.0 cm³/mol. The second kappa shape index (κ2) is 5.93. The first-order chi connectivity index (χ1) is 9.83. The Labute approximate surface area is 129 Å². The lowest BCUT2D eigenvalue weighted by Gasteiger charge is -2.14.